The van der Waals surface area contributed by atoms with Gasteiger partial charge in [0.2, 0.25) is 6.41 Å². The maximum Gasteiger partial charge on any atom is 0.219 e. The average Bonchev–Trinajstić information content (AvgIpc) is 2.49. The van der Waals surface area contributed by atoms with E-state index in [1.54, 1.807) is 6.20 Å². The van der Waals surface area contributed by atoms with E-state index < -0.39 is 0 Å². The van der Waals surface area contributed by atoms with Crippen molar-refractivity contribution in [3.05, 3.63) is 29.9 Å². The highest BCUT2D eigenvalue weighted by atomic mass is 16.5. The van der Waals surface area contributed by atoms with Crippen LogP contribution in [0, 0.1) is 0 Å². The molecule has 0 aliphatic carbocycles. The van der Waals surface area contributed by atoms with Crippen LogP contribution in [-0.2, 0) is 9.53 Å². The van der Waals surface area contributed by atoms with Crippen molar-refractivity contribution in [2.75, 3.05) is 46.4 Å². The van der Waals surface area contributed by atoms with E-state index >= 15 is 0 Å². The monoisotopic (exact) mass is 278 g/mol. The lowest BCUT2D eigenvalue weighted by molar-refractivity contribution is 0.0364. The second-order valence-corrected chi connectivity index (χ2v) is 4.86. The molecule has 20 heavy (non-hydrogen) atoms. The fourth-order valence-electron chi connectivity index (χ4n) is 2.19. The molecule has 0 amide bonds. The molecule has 1 aromatic heterocycles. The third-order valence-corrected chi connectivity index (χ3v) is 3.31. The normalized spacial score (nSPS) is 17.1. The van der Waals surface area contributed by atoms with E-state index in [0.29, 0.717) is 5.49 Å². The van der Waals surface area contributed by atoms with Crippen molar-refractivity contribution in [1.29, 1.82) is 0 Å². The van der Waals surface area contributed by atoms with Crippen LogP contribution in [0.5, 0.6) is 0 Å². The predicted molar refractivity (Wildman–Crippen MR) is 76.6 cm³/mol. The first kappa shape index (κ1) is 14.7. The summed E-state index contributed by atoms with van der Waals surface area (Å²) in [7, 11) is 1.93. The number of morpholine rings is 1. The average molecular weight is 278 g/mol. The number of nitrogens with zero attached hydrogens (tertiary/aromatic N) is 4. The number of rotatable bonds is 6. The minimum Gasteiger partial charge on any atom is -0.379 e. The van der Waals surface area contributed by atoms with E-state index in [2.05, 4.69) is 10.0 Å². The maximum atomic E-state index is 10.9. The van der Waals surface area contributed by atoms with Gasteiger partial charge >= 0.3 is 0 Å². The van der Waals surface area contributed by atoms with E-state index in [4.69, 9.17) is 4.74 Å². The quantitative estimate of drug-likeness (QED) is 0.543. The van der Waals surface area contributed by atoms with Crippen molar-refractivity contribution in [3.8, 4) is 0 Å². The number of hydrogen-bond acceptors (Lipinski definition) is 5. The van der Waals surface area contributed by atoms with Crippen LogP contribution in [0.3, 0.4) is 0 Å². The van der Waals surface area contributed by atoms with Crippen LogP contribution in [0.1, 0.15) is 6.42 Å². The van der Waals surface area contributed by atoms with Gasteiger partial charge < -0.3 is 4.74 Å². The van der Waals surface area contributed by atoms with Crippen LogP contribution in [0.15, 0.2) is 29.5 Å². The summed E-state index contributed by atoms with van der Waals surface area (Å²) >= 11 is 0. The summed E-state index contributed by atoms with van der Waals surface area (Å²) in [5.74, 6) is 0. The molecule has 1 saturated heterocycles. The Morgan fingerprint density at radius 2 is 2.20 bits per heavy atom. The summed E-state index contributed by atoms with van der Waals surface area (Å²) in [4.78, 5) is 13.3. The van der Waals surface area contributed by atoms with Crippen LogP contribution in [0.4, 0.5) is 0 Å². The van der Waals surface area contributed by atoms with Crippen molar-refractivity contribution in [3.63, 3.8) is 0 Å². The molecule has 0 atom stereocenters. The van der Waals surface area contributed by atoms with Gasteiger partial charge in [0, 0.05) is 39.4 Å². The molecule has 0 unspecified atom stereocenters. The fourth-order valence-corrected chi connectivity index (χ4v) is 2.19. The molecule has 1 aliphatic heterocycles. The molecule has 0 spiro atoms. The van der Waals surface area contributed by atoms with Crippen molar-refractivity contribution in [2.24, 2.45) is 5.10 Å². The number of carbonyl (C=O) groups is 1. The molecule has 6 nitrogen and oxygen atoms in total. The fraction of sp³-hybridized carbons (Fsp3) is 0.571. The number of ether oxygens (including phenoxy) is 1. The van der Waals surface area contributed by atoms with Gasteiger partial charge in [-0.15, -0.1) is 0 Å². The molecule has 6 heteroatoms. The molecule has 2 rings (SSSR count). The molecule has 0 bridgehead atoms. The summed E-state index contributed by atoms with van der Waals surface area (Å²) < 4.78 is 6.80. The van der Waals surface area contributed by atoms with Crippen LogP contribution in [0.25, 0.3) is 0 Å². The lowest BCUT2D eigenvalue weighted by atomic mass is 10.3. The molecule has 1 aromatic rings. The highest BCUT2D eigenvalue weighted by Crippen LogP contribution is 1.98. The maximum absolute atomic E-state index is 10.9. The van der Waals surface area contributed by atoms with E-state index in [1.165, 1.54) is 4.57 Å². The van der Waals surface area contributed by atoms with E-state index in [-0.39, 0.29) is 0 Å². The Bertz CT molecular complexity index is 480. The lowest BCUT2D eigenvalue weighted by Gasteiger charge is -2.27. The zero-order valence-corrected chi connectivity index (χ0v) is 11.9. The molecule has 0 aromatic carbocycles. The highest BCUT2D eigenvalue weighted by Gasteiger charge is 2.09. The number of pyridine rings is 1. The van der Waals surface area contributed by atoms with Crippen LogP contribution in [0.2, 0.25) is 0 Å². The van der Waals surface area contributed by atoms with Crippen molar-refractivity contribution >= 4 is 6.41 Å². The highest BCUT2D eigenvalue weighted by molar-refractivity contribution is 5.51. The lowest BCUT2D eigenvalue weighted by Crippen LogP contribution is -2.37. The zero-order chi connectivity index (χ0) is 14.2. The summed E-state index contributed by atoms with van der Waals surface area (Å²) in [6.07, 6.45) is 3.52. The van der Waals surface area contributed by atoms with E-state index in [0.717, 1.165) is 52.2 Å². The van der Waals surface area contributed by atoms with Gasteiger partial charge in [-0.05, 0) is 18.6 Å². The Kier molecular flexibility index (Phi) is 5.76. The van der Waals surface area contributed by atoms with Gasteiger partial charge in [0.15, 0.2) is 5.49 Å². The van der Waals surface area contributed by atoms with Crippen molar-refractivity contribution in [1.82, 2.24) is 14.5 Å². The largest absolute Gasteiger partial charge is 0.379 e. The SMILES string of the molecule is CN(CCCN1CCOCC1)/N=c1/ccccn1C=O. The van der Waals surface area contributed by atoms with Gasteiger partial charge in [-0.3, -0.25) is 19.3 Å². The third kappa shape index (κ3) is 4.47. The van der Waals surface area contributed by atoms with Gasteiger partial charge in [-0.2, -0.15) is 5.10 Å². The summed E-state index contributed by atoms with van der Waals surface area (Å²) in [5.41, 5.74) is 0.649. The van der Waals surface area contributed by atoms with Gasteiger partial charge in [-0.25, -0.2) is 0 Å². The van der Waals surface area contributed by atoms with Crippen LogP contribution >= 0.6 is 0 Å². The Labute approximate surface area is 119 Å². The Morgan fingerprint density at radius 3 is 2.95 bits per heavy atom. The standard InChI is InChI=1S/C14H22N4O2/c1-16(6-4-7-17-9-11-20-12-10-17)15-14-5-2-3-8-18(14)13-19/h2-3,5,8,13H,4,6-7,9-12H2,1H3/b15-14-. The third-order valence-electron chi connectivity index (χ3n) is 3.31. The molecule has 0 radical (unpaired) electrons. The summed E-state index contributed by atoms with van der Waals surface area (Å²) in [6.45, 7) is 5.64. The number of carbonyl (C=O) groups excluding carboxylic acids is 1. The second-order valence-electron chi connectivity index (χ2n) is 4.86. The molecule has 110 valence electrons. The van der Waals surface area contributed by atoms with Crippen molar-refractivity contribution < 1.29 is 9.53 Å². The summed E-state index contributed by atoms with van der Waals surface area (Å²) in [6, 6.07) is 5.51. The molecule has 0 N–H and O–H groups in total. The number of aromatic nitrogens is 1. The summed E-state index contributed by atoms with van der Waals surface area (Å²) in [5, 5.41) is 6.32. The topological polar surface area (TPSA) is 50.1 Å². The van der Waals surface area contributed by atoms with Gasteiger partial charge in [0.05, 0.1) is 13.2 Å². The Hall–Kier alpha value is -1.66. The zero-order valence-electron chi connectivity index (χ0n) is 11.9. The first-order valence-corrected chi connectivity index (χ1v) is 6.98. The minimum atomic E-state index is 0.649. The Balaban J connectivity index is 1.82. The van der Waals surface area contributed by atoms with Gasteiger partial charge in [-0.1, -0.05) is 6.07 Å². The molecular formula is C14H22N4O2. The van der Waals surface area contributed by atoms with E-state index in [1.807, 2.05) is 30.3 Å². The van der Waals surface area contributed by atoms with Crippen molar-refractivity contribution in [2.45, 2.75) is 6.42 Å². The molecular weight excluding hydrogens is 256 g/mol. The number of hydrogen-bond donors (Lipinski definition) is 0. The van der Waals surface area contributed by atoms with Gasteiger partial charge in [0.1, 0.15) is 0 Å². The first-order chi connectivity index (χ1) is 9.79. The Morgan fingerprint density at radius 1 is 1.40 bits per heavy atom. The van der Waals surface area contributed by atoms with Gasteiger partial charge in [0.25, 0.3) is 0 Å². The minimum absolute atomic E-state index is 0.649. The first-order valence-electron chi connectivity index (χ1n) is 6.98. The molecule has 1 fully saturated rings. The van der Waals surface area contributed by atoms with E-state index in [9.17, 15) is 4.79 Å². The molecule has 1 aliphatic rings. The molecule has 0 saturated carbocycles. The predicted octanol–water partition coefficient (Wildman–Crippen LogP) is -0.00380. The smallest absolute Gasteiger partial charge is 0.219 e. The molecule has 2 heterocycles. The second kappa shape index (κ2) is 7.81. The van der Waals surface area contributed by atoms with Crippen LogP contribution in [-0.4, -0.2) is 67.3 Å². The van der Waals surface area contributed by atoms with Crippen LogP contribution < -0.4 is 5.49 Å².